The Hall–Kier alpha value is -2.84. The van der Waals surface area contributed by atoms with E-state index in [4.69, 9.17) is 4.42 Å². The van der Waals surface area contributed by atoms with Gasteiger partial charge in [0, 0.05) is 38.2 Å². The van der Waals surface area contributed by atoms with E-state index in [2.05, 4.69) is 9.97 Å². The Balaban J connectivity index is 1.71. The SMILES string of the molecule is CC(C)c1ocnc1C(=O)N1CCCN(C(=O)c2ncc(F)cc2F)CC1. The van der Waals surface area contributed by atoms with Crippen molar-refractivity contribution >= 4 is 11.8 Å². The monoisotopic (exact) mass is 378 g/mol. The van der Waals surface area contributed by atoms with Crippen molar-refractivity contribution in [2.24, 2.45) is 0 Å². The van der Waals surface area contributed by atoms with E-state index in [-0.39, 0.29) is 30.6 Å². The van der Waals surface area contributed by atoms with Crippen molar-refractivity contribution in [3.63, 3.8) is 0 Å². The van der Waals surface area contributed by atoms with Gasteiger partial charge in [-0.2, -0.15) is 0 Å². The standard InChI is InChI=1S/C18H20F2N4O3/c1-11(2)16-15(22-10-27-16)18(26)24-5-3-4-23(6-7-24)17(25)14-13(20)8-12(19)9-21-14/h8-11H,3-7H2,1-2H3. The molecule has 3 rings (SSSR count). The highest BCUT2D eigenvalue weighted by molar-refractivity contribution is 5.94. The summed E-state index contributed by atoms with van der Waals surface area (Å²) in [6.07, 6.45) is 2.58. The molecule has 1 aliphatic heterocycles. The third-order valence-corrected chi connectivity index (χ3v) is 4.40. The Bertz CT molecular complexity index is 853. The number of hydrogen-bond donors (Lipinski definition) is 0. The van der Waals surface area contributed by atoms with Crippen molar-refractivity contribution in [2.75, 3.05) is 26.2 Å². The van der Waals surface area contributed by atoms with Crippen LogP contribution in [0.2, 0.25) is 0 Å². The highest BCUT2D eigenvalue weighted by atomic mass is 19.1. The number of hydrogen-bond acceptors (Lipinski definition) is 5. The van der Waals surface area contributed by atoms with Gasteiger partial charge in [0.25, 0.3) is 11.8 Å². The average Bonchev–Trinajstić information content (AvgIpc) is 2.99. The highest BCUT2D eigenvalue weighted by Crippen LogP contribution is 2.20. The average molecular weight is 378 g/mol. The van der Waals surface area contributed by atoms with Crippen molar-refractivity contribution < 1.29 is 22.8 Å². The Labute approximate surface area is 155 Å². The first-order chi connectivity index (χ1) is 12.9. The van der Waals surface area contributed by atoms with E-state index in [0.717, 1.165) is 6.20 Å². The van der Waals surface area contributed by atoms with Gasteiger partial charge in [-0.15, -0.1) is 0 Å². The lowest BCUT2D eigenvalue weighted by atomic mass is 10.1. The maximum Gasteiger partial charge on any atom is 0.276 e. The molecule has 0 aromatic carbocycles. The minimum atomic E-state index is -0.999. The summed E-state index contributed by atoms with van der Waals surface area (Å²) in [5.41, 5.74) is -0.147. The second-order valence-corrected chi connectivity index (χ2v) is 6.64. The molecular weight excluding hydrogens is 358 g/mol. The smallest absolute Gasteiger partial charge is 0.276 e. The first-order valence-corrected chi connectivity index (χ1v) is 8.71. The van der Waals surface area contributed by atoms with Crippen LogP contribution in [-0.2, 0) is 0 Å². The molecule has 2 aromatic rings. The maximum absolute atomic E-state index is 13.8. The van der Waals surface area contributed by atoms with Gasteiger partial charge in [0.15, 0.2) is 23.6 Å². The number of halogens is 2. The molecule has 0 saturated carbocycles. The summed E-state index contributed by atoms with van der Waals surface area (Å²) in [5.74, 6) is -2.18. The largest absolute Gasteiger partial charge is 0.447 e. The van der Waals surface area contributed by atoms with Crippen LogP contribution >= 0.6 is 0 Å². The van der Waals surface area contributed by atoms with Crippen molar-refractivity contribution in [2.45, 2.75) is 26.2 Å². The molecule has 0 bridgehead atoms. The molecule has 2 aromatic heterocycles. The number of oxazole rings is 1. The lowest BCUT2D eigenvalue weighted by Gasteiger charge is -2.22. The Morgan fingerprint density at radius 3 is 2.26 bits per heavy atom. The van der Waals surface area contributed by atoms with E-state index in [9.17, 15) is 18.4 Å². The fourth-order valence-corrected chi connectivity index (χ4v) is 3.02. The van der Waals surface area contributed by atoms with E-state index in [1.165, 1.54) is 11.3 Å². The molecule has 27 heavy (non-hydrogen) atoms. The molecule has 0 aliphatic carbocycles. The first-order valence-electron chi connectivity index (χ1n) is 8.71. The van der Waals surface area contributed by atoms with Crippen LogP contribution in [0.4, 0.5) is 8.78 Å². The van der Waals surface area contributed by atoms with Gasteiger partial charge in [0.2, 0.25) is 0 Å². The van der Waals surface area contributed by atoms with Gasteiger partial charge in [-0.05, 0) is 6.42 Å². The minimum Gasteiger partial charge on any atom is -0.447 e. The third-order valence-electron chi connectivity index (χ3n) is 4.40. The van der Waals surface area contributed by atoms with Gasteiger partial charge in [-0.25, -0.2) is 18.7 Å². The van der Waals surface area contributed by atoms with Gasteiger partial charge < -0.3 is 14.2 Å². The Morgan fingerprint density at radius 2 is 1.67 bits per heavy atom. The molecule has 1 fully saturated rings. The van der Waals surface area contributed by atoms with E-state index in [1.807, 2.05) is 13.8 Å². The summed E-state index contributed by atoms with van der Waals surface area (Å²) in [7, 11) is 0. The predicted octanol–water partition coefficient (Wildman–Crippen LogP) is 2.46. The van der Waals surface area contributed by atoms with E-state index < -0.39 is 23.2 Å². The van der Waals surface area contributed by atoms with Crippen LogP contribution in [0.25, 0.3) is 0 Å². The van der Waals surface area contributed by atoms with E-state index in [1.54, 1.807) is 4.90 Å². The quantitative estimate of drug-likeness (QED) is 0.820. The summed E-state index contributed by atoms with van der Waals surface area (Å²) < 4.78 is 32.1. The van der Waals surface area contributed by atoms with Gasteiger partial charge in [-0.3, -0.25) is 9.59 Å². The van der Waals surface area contributed by atoms with Crippen molar-refractivity contribution in [3.05, 3.63) is 47.4 Å². The molecule has 0 N–H and O–H groups in total. The van der Waals surface area contributed by atoms with Gasteiger partial charge in [0.1, 0.15) is 11.6 Å². The molecule has 144 valence electrons. The molecular formula is C18H20F2N4O3. The summed E-state index contributed by atoms with van der Waals surface area (Å²) in [6, 6.07) is 0.631. The minimum absolute atomic E-state index is 0.0176. The van der Waals surface area contributed by atoms with E-state index in [0.29, 0.717) is 31.3 Å². The molecule has 0 unspecified atom stereocenters. The molecule has 1 aliphatic rings. The van der Waals surface area contributed by atoms with Crippen LogP contribution in [0.15, 0.2) is 23.1 Å². The molecule has 7 nitrogen and oxygen atoms in total. The van der Waals surface area contributed by atoms with Crippen molar-refractivity contribution in [1.82, 2.24) is 19.8 Å². The molecule has 9 heteroatoms. The second kappa shape index (κ2) is 7.81. The highest BCUT2D eigenvalue weighted by Gasteiger charge is 2.28. The number of nitrogens with zero attached hydrogens (tertiary/aromatic N) is 4. The fraction of sp³-hybridized carbons (Fsp3) is 0.444. The lowest BCUT2D eigenvalue weighted by molar-refractivity contribution is 0.0708. The lowest BCUT2D eigenvalue weighted by Crippen LogP contribution is -2.38. The predicted molar refractivity (Wildman–Crippen MR) is 91.2 cm³/mol. The topological polar surface area (TPSA) is 79.5 Å². The number of aromatic nitrogens is 2. The number of rotatable bonds is 3. The van der Waals surface area contributed by atoms with Crippen molar-refractivity contribution in [3.8, 4) is 0 Å². The molecule has 0 spiro atoms. The molecule has 0 radical (unpaired) electrons. The Kier molecular flexibility index (Phi) is 5.48. The zero-order valence-electron chi connectivity index (χ0n) is 15.1. The van der Waals surface area contributed by atoms with Crippen LogP contribution in [0.3, 0.4) is 0 Å². The molecule has 3 heterocycles. The van der Waals surface area contributed by atoms with Crippen molar-refractivity contribution in [1.29, 1.82) is 0 Å². The number of amides is 2. The van der Waals surface area contributed by atoms with Crippen LogP contribution in [-0.4, -0.2) is 57.8 Å². The normalized spacial score (nSPS) is 15.1. The number of carbonyl (C=O) groups is 2. The van der Waals surface area contributed by atoms with Gasteiger partial charge >= 0.3 is 0 Å². The fourth-order valence-electron chi connectivity index (χ4n) is 3.02. The van der Waals surface area contributed by atoms with Gasteiger partial charge in [-0.1, -0.05) is 13.8 Å². The number of pyridine rings is 1. The Morgan fingerprint density at radius 1 is 1.04 bits per heavy atom. The van der Waals surface area contributed by atoms with Crippen LogP contribution in [0, 0.1) is 11.6 Å². The zero-order chi connectivity index (χ0) is 19.6. The third kappa shape index (κ3) is 3.96. The second-order valence-electron chi connectivity index (χ2n) is 6.64. The van der Waals surface area contributed by atoms with Crippen LogP contribution in [0.5, 0.6) is 0 Å². The summed E-state index contributed by atoms with van der Waals surface area (Å²) in [6.45, 7) is 5.09. The van der Waals surface area contributed by atoms with E-state index >= 15 is 0 Å². The molecule has 2 amide bonds. The molecule has 0 atom stereocenters. The number of carbonyl (C=O) groups excluding carboxylic acids is 2. The van der Waals surface area contributed by atoms with Crippen LogP contribution < -0.4 is 0 Å². The molecule has 1 saturated heterocycles. The van der Waals surface area contributed by atoms with Gasteiger partial charge in [0.05, 0.1) is 6.20 Å². The van der Waals surface area contributed by atoms with Crippen LogP contribution in [0.1, 0.15) is 52.9 Å². The summed E-state index contributed by atoms with van der Waals surface area (Å²) >= 11 is 0. The summed E-state index contributed by atoms with van der Waals surface area (Å²) in [5, 5.41) is 0. The maximum atomic E-state index is 13.8. The zero-order valence-corrected chi connectivity index (χ0v) is 15.1. The first kappa shape index (κ1) is 18.9. The summed E-state index contributed by atoms with van der Waals surface area (Å²) in [4.78, 5) is 35.9.